The lowest BCUT2D eigenvalue weighted by Gasteiger charge is -2.07. The van der Waals surface area contributed by atoms with Crippen molar-refractivity contribution in [3.63, 3.8) is 0 Å². The van der Waals surface area contributed by atoms with Gasteiger partial charge in [-0.3, -0.25) is 9.48 Å². The summed E-state index contributed by atoms with van der Waals surface area (Å²) >= 11 is 7.67. The van der Waals surface area contributed by atoms with Gasteiger partial charge in [-0.1, -0.05) is 29.8 Å². The molecule has 26 heavy (non-hydrogen) atoms. The molecule has 1 heterocycles. The fourth-order valence-electron chi connectivity index (χ4n) is 2.51. The van der Waals surface area contributed by atoms with Gasteiger partial charge in [-0.25, -0.2) is 4.39 Å². The van der Waals surface area contributed by atoms with Crippen LogP contribution in [0.4, 0.5) is 10.2 Å². The summed E-state index contributed by atoms with van der Waals surface area (Å²) in [5.41, 5.74) is 1.74. The average molecular weight is 390 g/mol. The summed E-state index contributed by atoms with van der Waals surface area (Å²) in [4.78, 5) is 13.5. The summed E-state index contributed by atoms with van der Waals surface area (Å²) < 4.78 is 15.5. The van der Waals surface area contributed by atoms with Crippen LogP contribution in [0, 0.1) is 12.7 Å². The molecule has 3 rings (SSSR count). The minimum atomic E-state index is -0.332. The second-order valence-corrected chi connectivity index (χ2v) is 7.01. The number of hydrogen-bond donors (Lipinski definition) is 1. The molecule has 0 unspecified atom stereocenters. The van der Waals surface area contributed by atoms with Crippen LogP contribution >= 0.6 is 23.4 Å². The number of hydrogen-bond acceptors (Lipinski definition) is 3. The molecule has 4 nitrogen and oxygen atoms in total. The van der Waals surface area contributed by atoms with Crippen molar-refractivity contribution in [3.8, 4) is 0 Å². The first-order valence-corrected chi connectivity index (χ1v) is 9.51. The number of nitrogens with one attached hydrogen (secondary N) is 1. The van der Waals surface area contributed by atoms with Gasteiger partial charge in [-0.15, -0.1) is 11.8 Å². The first-order valence-electron chi connectivity index (χ1n) is 7.90. The first-order chi connectivity index (χ1) is 12.5. The van der Waals surface area contributed by atoms with Crippen molar-refractivity contribution in [1.82, 2.24) is 9.78 Å². The Morgan fingerprint density at radius 3 is 2.77 bits per heavy atom. The average Bonchev–Trinajstić information content (AvgIpc) is 2.96. The third-order valence-corrected chi connectivity index (χ3v) is 4.97. The predicted molar refractivity (Wildman–Crippen MR) is 104 cm³/mol. The third-order valence-electron chi connectivity index (χ3n) is 3.92. The Balaban J connectivity index is 1.79. The predicted octanol–water partition coefficient (Wildman–Crippen LogP) is 5.01. The quantitative estimate of drug-likeness (QED) is 0.624. The maximum absolute atomic E-state index is 13.8. The lowest BCUT2D eigenvalue weighted by molar-refractivity contribution is 0.102. The molecule has 0 saturated carbocycles. The zero-order chi connectivity index (χ0) is 18.7. The molecule has 1 N–H and O–H groups in total. The van der Waals surface area contributed by atoms with Crippen LogP contribution in [0.25, 0.3) is 0 Å². The van der Waals surface area contributed by atoms with E-state index in [9.17, 15) is 9.18 Å². The Bertz CT molecular complexity index is 958. The van der Waals surface area contributed by atoms with Crippen molar-refractivity contribution in [2.75, 3.05) is 11.6 Å². The van der Waals surface area contributed by atoms with Crippen LogP contribution in [0.2, 0.25) is 5.02 Å². The van der Waals surface area contributed by atoms with Crippen LogP contribution in [0.1, 0.15) is 21.6 Å². The summed E-state index contributed by atoms with van der Waals surface area (Å²) in [5.74, 6) is -0.218. The SMILES string of the molecule is CSc1ccc(Cl)c(C(=O)Nc2cc(C)n(Cc3ccccc3F)n2)c1. The number of amides is 1. The maximum atomic E-state index is 13.8. The number of benzene rings is 2. The van der Waals surface area contributed by atoms with Gasteiger partial charge in [0.2, 0.25) is 0 Å². The fourth-order valence-corrected chi connectivity index (χ4v) is 3.15. The summed E-state index contributed by atoms with van der Waals surface area (Å²) in [6.07, 6.45) is 1.93. The monoisotopic (exact) mass is 389 g/mol. The highest BCUT2D eigenvalue weighted by Gasteiger charge is 2.14. The highest BCUT2D eigenvalue weighted by molar-refractivity contribution is 7.98. The largest absolute Gasteiger partial charge is 0.305 e. The molecule has 0 radical (unpaired) electrons. The Hall–Kier alpha value is -2.31. The molecule has 0 atom stereocenters. The number of anilines is 1. The lowest BCUT2D eigenvalue weighted by atomic mass is 10.2. The van der Waals surface area contributed by atoms with E-state index in [0.29, 0.717) is 22.0 Å². The van der Waals surface area contributed by atoms with E-state index in [0.717, 1.165) is 10.6 Å². The third kappa shape index (κ3) is 4.08. The highest BCUT2D eigenvalue weighted by Crippen LogP contribution is 2.24. The van der Waals surface area contributed by atoms with Crippen molar-refractivity contribution in [3.05, 3.63) is 76.2 Å². The summed E-state index contributed by atoms with van der Waals surface area (Å²) in [6.45, 7) is 2.14. The molecule has 1 aromatic heterocycles. The van der Waals surface area contributed by atoms with E-state index in [1.807, 2.05) is 19.2 Å². The molecular weight excluding hydrogens is 373 g/mol. The van der Waals surface area contributed by atoms with Gasteiger partial charge in [0.15, 0.2) is 5.82 Å². The molecule has 3 aromatic rings. The van der Waals surface area contributed by atoms with Crippen LogP contribution in [-0.2, 0) is 6.54 Å². The van der Waals surface area contributed by atoms with E-state index < -0.39 is 0 Å². The van der Waals surface area contributed by atoms with Gasteiger partial charge in [0.05, 0.1) is 17.1 Å². The summed E-state index contributed by atoms with van der Waals surface area (Å²) in [5, 5.41) is 7.48. The summed E-state index contributed by atoms with van der Waals surface area (Å²) in [6, 6.07) is 13.6. The second-order valence-electron chi connectivity index (χ2n) is 5.72. The molecule has 0 fully saturated rings. The molecule has 2 aromatic carbocycles. The van der Waals surface area contributed by atoms with Crippen LogP contribution < -0.4 is 5.32 Å². The zero-order valence-corrected chi connectivity index (χ0v) is 15.9. The van der Waals surface area contributed by atoms with Crippen molar-refractivity contribution < 1.29 is 9.18 Å². The number of halogens is 2. The number of nitrogens with zero attached hydrogens (tertiary/aromatic N) is 2. The molecule has 7 heteroatoms. The van der Waals surface area contributed by atoms with Crippen molar-refractivity contribution in [2.45, 2.75) is 18.4 Å². The minimum Gasteiger partial charge on any atom is -0.305 e. The molecule has 134 valence electrons. The van der Waals surface area contributed by atoms with E-state index in [1.165, 1.54) is 17.8 Å². The molecule has 0 bridgehead atoms. The normalized spacial score (nSPS) is 10.8. The van der Waals surface area contributed by atoms with E-state index in [-0.39, 0.29) is 18.3 Å². The van der Waals surface area contributed by atoms with Crippen LogP contribution in [-0.4, -0.2) is 21.9 Å². The van der Waals surface area contributed by atoms with Gasteiger partial charge in [-0.2, -0.15) is 5.10 Å². The van der Waals surface area contributed by atoms with Crippen molar-refractivity contribution >= 4 is 35.1 Å². The smallest absolute Gasteiger partial charge is 0.258 e. The van der Waals surface area contributed by atoms with Gasteiger partial charge < -0.3 is 5.32 Å². The van der Waals surface area contributed by atoms with Crippen molar-refractivity contribution in [2.24, 2.45) is 0 Å². The number of carbonyl (C=O) groups is 1. The molecule has 0 aliphatic rings. The fraction of sp³-hybridized carbons (Fsp3) is 0.158. The standard InChI is InChI=1S/C19H17ClFN3OS/c1-12-9-18(23-24(12)11-13-5-3-4-6-17(13)21)22-19(25)15-10-14(26-2)7-8-16(15)20/h3-10H,11H2,1-2H3,(H,22,23,25). The number of thioether (sulfide) groups is 1. The molecule has 0 aliphatic carbocycles. The number of aryl methyl sites for hydroxylation is 1. The van der Waals surface area contributed by atoms with E-state index in [1.54, 1.807) is 41.1 Å². The van der Waals surface area contributed by atoms with Gasteiger partial charge in [-0.05, 0) is 37.4 Å². The number of rotatable bonds is 5. The van der Waals surface area contributed by atoms with Crippen LogP contribution in [0.5, 0.6) is 0 Å². The summed E-state index contributed by atoms with van der Waals surface area (Å²) in [7, 11) is 0. The van der Waals surface area contributed by atoms with Gasteiger partial charge in [0.25, 0.3) is 5.91 Å². The Labute approximate surface area is 160 Å². The van der Waals surface area contributed by atoms with Crippen LogP contribution in [0.3, 0.4) is 0 Å². The first kappa shape index (κ1) is 18.5. The van der Waals surface area contributed by atoms with E-state index in [4.69, 9.17) is 11.6 Å². The topological polar surface area (TPSA) is 46.9 Å². The lowest BCUT2D eigenvalue weighted by Crippen LogP contribution is -2.13. The second kappa shape index (κ2) is 7.93. The molecule has 0 aliphatic heterocycles. The molecule has 0 spiro atoms. The van der Waals surface area contributed by atoms with Gasteiger partial charge in [0, 0.05) is 22.2 Å². The van der Waals surface area contributed by atoms with E-state index in [2.05, 4.69) is 10.4 Å². The van der Waals surface area contributed by atoms with Crippen LogP contribution in [0.15, 0.2) is 53.4 Å². The molecule has 1 amide bonds. The van der Waals surface area contributed by atoms with Gasteiger partial charge >= 0.3 is 0 Å². The molecule has 0 saturated heterocycles. The Morgan fingerprint density at radius 2 is 2.04 bits per heavy atom. The Kier molecular flexibility index (Phi) is 5.64. The molecular formula is C19H17ClFN3OS. The minimum absolute atomic E-state index is 0.284. The van der Waals surface area contributed by atoms with E-state index >= 15 is 0 Å². The maximum Gasteiger partial charge on any atom is 0.258 e. The van der Waals surface area contributed by atoms with Gasteiger partial charge in [0.1, 0.15) is 5.82 Å². The highest BCUT2D eigenvalue weighted by atomic mass is 35.5. The number of carbonyl (C=O) groups excluding carboxylic acids is 1. The number of aromatic nitrogens is 2. The zero-order valence-electron chi connectivity index (χ0n) is 14.3. The Morgan fingerprint density at radius 1 is 1.27 bits per heavy atom. The van der Waals surface area contributed by atoms with Crippen molar-refractivity contribution in [1.29, 1.82) is 0 Å².